The average molecular weight is 525 g/mol. The van der Waals surface area contributed by atoms with Crippen molar-refractivity contribution in [2.24, 2.45) is 28.8 Å². The van der Waals surface area contributed by atoms with Gasteiger partial charge in [0.05, 0.1) is 25.2 Å². The van der Waals surface area contributed by atoms with Gasteiger partial charge in [-0.3, -0.25) is 9.59 Å². The minimum atomic E-state index is -0.293. The van der Waals surface area contributed by atoms with Crippen molar-refractivity contribution in [1.82, 2.24) is 5.01 Å². The fourth-order valence-electron chi connectivity index (χ4n) is 5.30. The molecule has 9 heteroatoms. The number of nitrogens with zero attached hydrogens (tertiary/aromatic N) is 2. The van der Waals surface area contributed by atoms with Crippen LogP contribution in [0.15, 0.2) is 52.1 Å². The van der Waals surface area contributed by atoms with Crippen molar-refractivity contribution in [2.75, 3.05) is 13.9 Å². The van der Waals surface area contributed by atoms with Crippen molar-refractivity contribution in [1.29, 1.82) is 0 Å². The molecule has 174 valence electrons. The number of benzene rings is 2. The van der Waals surface area contributed by atoms with E-state index in [1.54, 1.807) is 19.2 Å². The topological polar surface area (TPSA) is 86.7 Å². The highest BCUT2D eigenvalue weighted by molar-refractivity contribution is 9.10. The summed E-state index contributed by atoms with van der Waals surface area (Å²) in [5.41, 5.74) is 1.46. The van der Waals surface area contributed by atoms with Crippen LogP contribution in [0.25, 0.3) is 0 Å². The van der Waals surface area contributed by atoms with Gasteiger partial charge in [-0.05, 0) is 48.1 Å². The Balaban J connectivity index is 1.26. The molecule has 1 saturated heterocycles. The number of halogens is 1. The van der Waals surface area contributed by atoms with Gasteiger partial charge < -0.3 is 18.9 Å². The van der Waals surface area contributed by atoms with Gasteiger partial charge in [-0.15, -0.1) is 0 Å². The number of hydrazone groups is 1. The molecule has 2 aromatic carbocycles. The zero-order valence-electron chi connectivity index (χ0n) is 18.3. The van der Waals surface area contributed by atoms with Gasteiger partial charge in [0, 0.05) is 10.0 Å². The summed E-state index contributed by atoms with van der Waals surface area (Å²) in [6, 6.07) is 9.19. The molecule has 4 atom stereocenters. The Bertz CT molecular complexity index is 1230. The maximum atomic E-state index is 13.0. The van der Waals surface area contributed by atoms with E-state index in [1.165, 1.54) is 6.21 Å². The minimum absolute atomic E-state index is 0.137. The molecule has 2 bridgehead atoms. The molecule has 0 aromatic heterocycles. The minimum Gasteiger partial charge on any atom is -0.493 e. The molecule has 2 aromatic rings. The molecule has 2 aliphatic heterocycles. The third-order valence-electron chi connectivity index (χ3n) is 6.85. The first-order chi connectivity index (χ1) is 16.5. The van der Waals surface area contributed by atoms with Crippen molar-refractivity contribution < 1.29 is 28.5 Å². The fraction of sp³-hybridized carbons (Fsp3) is 0.320. The Morgan fingerprint density at radius 1 is 1.09 bits per heavy atom. The highest BCUT2D eigenvalue weighted by Crippen LogP contribution is 2.52. The van der Waals surface area contributed by atoms with E-state index >= 15 is 0 Å². The predicted molar refractivity (Wildman–Crippen MR) is 125 cm³/mol. The van der Waals surface area contributed by atoms with Crippen molar-refractivity contribution in [3.8, 4) is 23.0 Å². The highest BCUT2D eigenvalue weighted by atomic mass is 79.9. The first kappa shape index (κ1) is 21.2. The number of imide groups is 1. The van der Waals surface area contributed by atoms with Gasteiger partial charge in [0.15, 0.2) is 23.0 Å². The number of ether oxygens (including phenoxy) is 4. The Morgan fingerprint density at radius 3 is 2.56 bits per heavy atom. The number of hydrogen-bond donors (Lipinski definition) is 0. The molecular weight excluding hydrogens is 504 g/mol. The van der Waals surface area contributed by atoms with Gasteiger partial charge in [-0.2, -0.15) is 10.1 Å². The summed E-state index contributed by atoms with van der Waals surface area (Å²) in [4.78, 5) is 25.9. The number of fused-ring (bicyclic) bond motifs is 6. The Hall–Kier alpha value is -3.33. The summed E-state index contributed by atoms with van der Waals surface area (Å²) in [6.45, 7) is 0.449. The monoisotopic (exact) mass is 524 g/mol. The second kappa shape index (κ2) is 8.16. The maximum Gasteiger partial charge on any atom is 0.254 e. The largest absolute Gasteiger partial charge is 0.493 e. The van der Waals surface area contributed by atoms with Crippen molar-refractivity contribution in [3.05, 3.63) is 58.1 Å². The molecule has 2 aliphatic carbocycles. The number of amides is 2. The summed E-state index contributed by atoms with van der Waals surface area (Å²) < 4.78 is 23.2. The van der Waals surface area contributed by atoms with Crippen LogP contribution >= 0.6 is 15.9 Å². The van der Waals surface area contributed by atoms with E-state index in [0.29, 0.717) is 28.6 Å². The standard InChI is InChI=1S/C25H21BrN2O6/c1-31-20-9-17(26)8-16(23(20)32-11-13-2-5-18-19(6-13)34-12-33-18)10-27-28-24(29)21-14-3-4-15(7-14)22(21)25(28)30/h2-6,8-10,14-15,21-22H,7,11-12H2,1H3/t14-,15-,21-,22+/m0/s1. The van der Waals surface area contributed by atoms with E-state index in [-0.39, 0.29) is 48.9 Å². The van der Waals surface area contributed by atoms with Crippen LogP contribution in [0.2, 0.25) is 0 Å². The molecular formula is C25H21BrN2O6. The molecule has 2 heterocycles. The molecule has 0 spiro atoms. The number of hydrogen-bond acceptors (Lipinski definition) is 7. The molecule has 6 rings (SSSR count). The maximum absolute atomic E-state index is 13.0. The Kier molecular flexibility index (Phi) is 5.09. The third-order valence-corrected chi connectivity index (χ3v) is 7.31. The number of carbonyl (C=O) groups is 2. The van der Waals surface area contributed by atoms with Crippen molar-refractivity contribution >= 4 is 34.0 Å². The summed E-state index contributed by atoms with van der Waals surface area (Å²) >= 11 is 3.48. The van der Waals surface area contributed by atoms with Gasteiger partial charge in [0.25, 0.3) is 11.8 Å². The molecule has 1 saturated carbocycles. The van der Waals surface area contributed by atoms with Crippen LogP contribution in [-0.2, 0) is 16.2 Å². The average Bonchev–Trinajstić information content (AvgIpc) is 3.61. The number of allylic oxidation sites excluding steroid dienone is 2. The molecule has 8 nitrogen and oxygen atoms in total. The van der Waals surface area contributed by atoms with Gasteiger partial charge >= 0.3 is 0 Å². The third kappa shape index (κ3) is 3.37. The molecule has 0 unspecified atom stereocenters. The first-order valence-electron chi connectivity index (χ1n) is 11.0. The summed E-state index contributed by atoms with van der Waals surface area (Å²) in [6.07, 6.45) is 6.48. The molecule has 0 N–H and O–H groups in total. The zero-order valence-corrected chi connectivity index (χ0v) is 19.9. The van der Waals surface area contributed by atoms with Crippen LogP contribution in [0.5, 0.6) is 23.0 Å². The second-order valence-corrected chi connectivity index (χ2v) is 9.65. The van der Waals surface area contributed by atoms with Crippen LogP contribution in [0.3, 0.4) is 0 Å². The van der Waals surface area contributed by atoms with E-state index in [9.17, 15) is 9.59 Å². The molecule has 0 radical (unpaired) electrons. The quantitative estimate of drug-likeness (QED) is 0.323. The summed E-state index contributed by atoms with van der Waals surface area (Å²) in [7, 11) is 1.55. The van der Waals surface area contributed by atoms with E-state index < -0.39 is 0 Å². The number of rotatable bonds is 6. The zero-order chi connectivity index (χ0) is 23.4. The normalized spacial score (nSPS) is 26.1. The van der Waals surface area contributed by atoms with Crippen LogP contribution in [0, 0.1) is 23.7 Å². The second-order valence-electron chi connectivity index (χ2n) is 8.74. The lowest BCUT2D eigenvalue weighted by Crippen LogP contribution is -2.28. The van der Waals surface area contributed by atoms with Crippen molar-refractivity contribution in [2.45, 2.75) is 13.0 Å². The fourth-order valence-corrected chi connectivity index (χ4v) is 5.75. The lowest BCUT2D eigenvalue weighted by molar-refractivity contribution is -0.140. The molecule has 34 heavy (non-hydrogen) atoms. The van der Waals surface area contributed by atoms with Gasteiger partial charge in [0.2, 0.25) is 6.79 Å². The lowest BCUT2D eigenvalue weighted by Gasteiger charge is -2.15. The van der Waals surface area contributed by atoms with Crippen molar-refractivity contribution in [3.63, 3.8) is 0 Å². The Morgan fingerprint density at radius 2 is 1.82 bits per heavy atom. The number of carbonyl (C=O) groups excluding carboxylic acids is 2. The lowest BCUT2D eigenvalue weighted by atomic mass is 9.85. The molecule has 2 amide bonds. The van der Waals surface area contributed by atoms with Crippen LogP contribution < -0.4 is 18.9 Å². The van der Waals surface area contributed by atoms with E-state index in [0.717, 1.165) is 21.5 Å². The highest BCUT2D eigenvalue weighted by Gasteiger charge is 2.59. The van der Waals surface area contributed by atoms with Crippen LogP contribution in [0.4, 0.5) is 0 Å². The summed E-state index contributed by atoms with van der Waals surface area (Å²) in [5, 5.41) is 5.33. The van der Waals surface area contributed by atoms with E-state index in [4.69, 9.17) is 18.9 Å². The smallest absolute Gasteiger partial charge is 0.254 e. The van der Waals surface area contributed by atoms with E-state index in [1.807, 2.05) is 18.2 Å². The molecule has 2 fully saturated rings. The first-order valence-corrected chi connectivity index (χ1v) is 11.8. The number of methoxy groups -OCH3 is 1. The predicted octanol–water partition coefficient (Wildman–Crippen LogP) is 3.91. The SMILES string of the molecule is COc1cc(Br)cc(C=NN2C(=O)[C@@H]3[C@H](C2=O)[C@H]2C=C[C@H]3C2)c1OCc1ccc2c(c1)OCO2. The Labute approximate surface area is 204 Å². The molecule has 4 aliphatic rings. The van der Waals surface area contributed by atoms with Gasteiger partial charge in [-0.1, -0.05) is 34.1 Å². The van der Waals surface area contributed by atoms with Crippen LogP contribution in [-0.4, -0.2) is 36.9 Å². The summed E-state index contributed by atoms with van der Waals surface area (Å²) in [5.74, 6) is 1.55. The van der Waals surface area contributed by atoms with Gasteiger partial charge in [0.1, 0.15) is 6.61 Å². The van der Waals surface area contributed by atoms with Crippen LogP contribution in [0.1, 0.15) is 17.5 Å². The van der Waals surface area contributed by atoms with Gasteiger partial charge in [-0.25, -0.2) is 0 Å². The van der Waals surface area contributed by atoms with E-state index in [2.05, 4.69) is 33.2 Å².